The van der Waals surface area contributed by atoms with E-state index in [1.54, 1.807) is 4.90 Å². The molecule has 0 saturated carbocycles. The summed E-state index contributed by atoms with van der Waals surface area (Å²) in [6, 6.07) is 7.69. The van der Waals surface area contributed by atoms with E-state index in [1.165, 1.54) is 12.8 Å². The van der Waals surface area contributed by atoms with Crippen LogP contribution in [0, 0.1) is 11.8 Å². The van der Waals surface area contributed by atoms with Crippen molar-refractivity contribution in [3.8, 4) is 17.6 Å². The van der Waals surface area contributed by atoms with Gasteiger partial charge in [0.1, 0.15) is 17.1 Å². The van der Waals surface area contributed by atoms with Crippen LogP contribution in [0.4, 0.5) is 4.79 Å². The standard InChI is InChI=1S/C24H35NO4/c1-7-8-9-17-27-21-15-13-19(14-16-21)11-10-12-20-18-28-24(5,6)25(20)22(26)29-23(2,3)4/h13-16,20H,7-9,12,17-18H2,1-6H3/t20-/m1/s1. The van der Waals surface area contributed by atoms with Gasteiger partial charge in [-0.1, -0.05) is 31.6 Å². The normalized spacial score (nSPS) is 18.1. The van der Waals surface area contributed by atoms with E-state index in [0.29, 0.717) is 13.0 Å². The molecule has 0 aliphatic carbocycles. The van der Waals surface area contributed by atoms with Gasteiger partial charge in [0, 0.05) is 12.0 Å². The van der Waals surface area contributed by atoms with Gasteiger partial charge in [-0.25, -0.2) is 4.79 Å². The lowest BCUT2D eigenvalue weighted by molar-refractivity contribution is -0.0622. The lowest BCUT2D eigenvalue weighted by Gasteiger charge is -2.34. The van der Waals surface area contributed by atoms with Crippen molar-refractivity contribution in [1.82, 2.24) is 4.90 Å². The quantitative estimate of drug-likeness (QED) is 0.475. The molecule has 1 atom stereocenters. The molecule has 0 radical (unpaired) electrons. The smallest absolute Gasteiger partial charge is 0.412 e. The molecule has 1 aromatic rings. The van der Waals surface area contributed by atoms with E-state index in [0.717, 1.165) is 24.3 Å². The first-order valence-electron chi connectivity index (χ1n) is 10.5. The number of amides is 1. The highest BCUT2D eigenvalue weighted by molar-refractivity contribution is 5.69. The fraction of sp³-hybridized carbons (Fsp3) is 0.625. The summed E-state index contributed by atoms with van der Waals surface area (Å²) in [5, 5.41) is 0. The van der Waals surface area contributed by atoms with Gasteiger partial charge in [0.25, 0.3) is 0 Å². The van der Waals surface area contributed by atoms with Crippen molar-refractivity contribution in [3.05, 3.63) is 29.8 Å². The van der Waals surface area contributed by atoms with Gasteiger partial charge in [0.05, 0.1) is 19.3 Å². The molecule has 1 saturated heterocycles. The summed E-state index contributed by atoms with van der Waals surface area (Å²) in [5.41, 5.74) is -0.328. The van der Waals surface area contributed by atoms with Crippen molar-refractivity contribution < 1.29 is 19.0 Å². The first kappa shape index (κ1) is 23.1. The van der Waals surface area contributed by atoms with Crippen LogP contribution in [-0.4, -0.2) is 41.6 Å². The maximum Gasteiger partial charge on any atom is 0.412 e. The lowest BCUT2D eigenvalue weighted by Crippen LogP contribution is -2.49. The molecule has 160 valence electrons. The third-order valence-corrected chi connectivity index (χ3v) is 4.61. The van der Waals surface area contributed by atoms with Gasteiger partial charge >= 0.3 is 6.09 Å². The summed E-state index contributed by atoms with van der Waals surface area (Å²) >= 11 is 0. The third-order valence-electron chi connectivity index (χ3n) is 4.61. The van der Waals surface area contributed by atoms with Gasteiger partial charge in [-0.2, -0.15) is 0 Å². The first-order valence-corrected chi connectivity index (χ1v) is 10.5. The van der Waals surface area contributed by atoms with E-state index in [1.807, 2.05) is 58.9 Å². The Labute approximate surface area is 175 Å². The molecular weight excluding hydrogens is 366 g/mol. The van der Waals surface area contributed by atoms with Gasteiger partial charge in [-0.3, -0.25) is 4.90 Å². The van der Waals surface area contributed by atoms with Crippen molar-refractivity contribution >= 4 is 6.09 Å². The van der Waals surface area contributed by atoms with Gasteiger partial charge in [-0.15, -0.1) is 0 Å². The minimum Gasteiger partial charge on any atom is -0.494 e. The largest absolute Gasteiger partial charge is 0.494 e. The number of benzene rings is 1. The molecule has 5 nitrogen and oxygen atoms in total. The Kier molecular flexibility index (Phi) is 7.98. The third kappa shape index (κ3) is 7.29. The maximum atomic E-state index is 12.6. The van der Waals surface area contributed by atoms with Crippen LogP contribution in [0.15, 0.2) is 24.3 Å². The molecule has 0 N–H and O–H groups in total. The Morgan fingerprint density at radius 2 is 1.93 bits per heavy atom. The summed E-state index contributed by atoms with van der Waals surface area (Å²) in [5.74, 6) is 7.23. The maximum absolute atomic E-state index is 12.6. The second-order valence-electron chi connectivity index (χ2n) is 8.85. The number of hydrogen-bond donors (Lipinski definition) is 0. The molecule has 1 fully saturated rings. The zero-order valence-electron chi connectivity index (χ0n) is 18.7. The highest BCUT2D eigenvalue weighted by Gasteiger charge is 2.45. The van der Waals surface area contributed by atoms with Crippen LogP contribution in [0.2, 0.25) is 0 Å². The highest BCUT2D eigenvalue weighted by atomic mass is 16.6. The molecule has 1 aliphatic rings. The summed E-state index contributed by atoms with van der Waals surface area (Å²) in [6.45, 7) is 12.7. The van der Waals surface area contributed by atoms with Crippen LogP contribution in [0.25, 0.3) is 0 Å². The molecule has 0 spiro atoms. The van der Waals surface area contributed by atoms with E-state index in [2.05, 4.69) is 18.8 Å². The average Bonchev–Trinajstić information content (AvgIpc) is 2.93. The first-order chi connectivity index (χ1) is 13.6. The topological polar surface area (TPSA) is 48.0 Å². The molecule has 0 aromatic heterocycles. The number of carbonyl (C=O) groups is 1. The van der Waals surface area contributed by atoms with Crippen LogP contribution in [0.1, 0.15) is 72.8 Å². The molecule has 1 heterocycles. The van der Waals surface area contributed by atoms with Crippen LogP contribution >= 0.6 is 0 Å². The molecular formula is C24H35NO4. The molecule has 2 rings (SSSR count). The van der Waals surface area contributed by atoms with Crippen molar-refractivity contribution in [2.75, 3.05) is 13.2 Å². The minimum atomic E-state index is -0.703. The highest BCUT2D eigenvalue weighted by Crippen LogP contribution is 2.30. The summed E-state index contributed by atoms with van der Waals surface area (Å²) in [6.07, 6.45) is 3.61. The van der Waals surface area contributed by atoms with E-state index in [9.17, 15) is 4.79 Å². The Bertz CT molecular complexity index is 722. The van der Waals surface area contributed by atoms with Crippen LogP contribution < -0.4 is 4.74 Å². The van der Waals surface area contributed by atoms with Crippen LogP contribution in [-0.2, 0) is 9.47 Å². The van der Waals surface area contributed by atoms with E-state index in [4.69, 9.17) is 14.2 Å². The van der Waals surface area contributed by atoms with Crippen LogP contribution in [0.3, 0.4) is 0 Å². The molecule has 1 aromatic carbocycles. The van der Waals surface area contributed by atoms with Gasteiger partial charge in [0.2, 0.25) is 0 Å². The minimum absolute atomic E-state index is 0.131. The van der Waals surface area contributed by atoms with E-state index in [-0.39, 0.29) is 12.1 Å². The predicted octanol–water partition coefficient (Wildman–Crippen LogP) is 5.37. The number of rotatable bonds is 6. The number of hydrogen-bond acceptors (Lipinski definition) is 4. The zero-order chi connectivity index (χ0) is 21.5. The van der Waals surface area contributed by atoms with Crippen molar-refractivity contribution in [2.45, 2.75) is 84.6 Å². The number of nitrogens with zero attached hydrogens (tertiary/aromatic N) is 1. The Morgan fingerprint density at radius 1 is 1.24 bits per heavy atom. The van der Waals surface area contributed by atoms with Gasteiger partial charge in [0.15, 0.2) is 0 Å². The summed E-state index contributed by atoms with van der Waals surface area (Å²) < 4.78 is 17.1. The number of ether oxygens (including phenoxy) is 3. The molecule has 1 amide bonds. The van der Waals surface area contributed by atoms with Gasteiger partial charge in [-0.05, 0) is 65.3 Å². The van der Waals surface area contributed by atoms with Crippen LogP contribution in [0.5, 0.6) is 5.75 Å². The fourth-order valence-corrected chi connectivity index (χ4v) is 3.16. The Balaban J connectivity index is 1.94. The summed E-state index contributed by atoms with van der Waals surface area (Å²) in [7, 11) is 0. The van der Waals surface area contributed by atoms with Gasteiger partial charge < -0.3 is 14.2 Å². The Morgan fingerprint density at radius 3 is 2.55 bits per heavy atom. The van der Waals surface area contributed by atoms with E-state index < -0.39 is 11.3 Å². The SMILES string of the molecule is CCCCCOc1ccc(C#CC[C@@H]2COC(C)(C)N2C(=O)OC(C)(C)C)cc1. The fourth-order valence-electron chi connectivity index (χ4n) is 3.16. The van der Waals surface area contributed by atoms with Crippen molar-refractivity contribution in [1.29, 1.82) is 0 Å². The second-order valence-corrected chi connectivity index (χ2v) is 8.85. The van der Waals surface area contributed by atoms with E-state index >= 15 is 0 Å². The molecule has 0 bridgehead atoms. The lowest BCUT2D eigenvalue weighted by atomic mass is 10.1. The van der Waals surface area contributed by atoms with Crippen molar-refractivity contribution in [2.24, 2.45) is 0 Å². The molecule has 1 aliphatic heterocycles. The Hall–Kier alpha value is -2.19. The second kappa shape index (κ2) is 10.0. The average molecular weight is 402 g/mol. The predicted molar refractivity (Wildman–Crippen MR) is 115 cm³/mol. The number of unbranched alkanes of at least 4 members (excludes halogenated alkanes) is 2. The number of carbonyl (C=O) groups excluding carboxylic acids is 1. The zero-order valence-corrected chi connectivity index (χ0v) is 18.7. The molecule has 29 heavy (non-hydrogen) atoms. The monoisotopic (exact) mass is 401 g/mol. The summed E-state index contributed by atoms with van der Waals surface area (Å²) in [4.78, 5) is 14.3. The van der Waals surface area contributed by atoms with Crippen molar-refractivity contribution in [3.63, 3.8) is 0 Å². The molecule has 5 heteroatoms. The molecule has 0 unspecified atom stereocenters.